The Morgan fingerprint density at radius 2 is 1.84 bits per heavy atom. The predicted octanol–water partition coefficient (Wildman–Crippen LogP) is -1.52. The molecule has 2 fully saturated rings. The van der Waals surface area contributed by atoms with Gasteiger partial charge in [-0.25, -0.2) is 0 Å². The molecule has 188 valence electrons. The summed E-state index contributed by atoms with van der Waals surface area (Å²) in [5.41, 5.74) is 5.58. The minimum atomic E-state index is -1.67. The van der Waals surface area contributed by atoms with Crippen LogP contribution in [0.3, 0.4) is 0 Å². The fraction of sp³-hybridized carbons (Fsp3) is 0.941. The van der Waals surface area contributed by atoms with E-state index in [4.69, 9.17) is 14.2 Å². The second-order valence-corrected chi connectivity index (χ2v) is 7.96. The van der Waals surface area contributed by atoms with Crippen molar-refractivity contribution in [3.63, 3.8) is 0 Å². The first-order valence-electron chi connectivity index (χ1n) is 10.1. The van der Waals surface area contributed by atoms with Crippen LogP contribution in [0.2, 0.25) is 0 Å². The zero-order valence-corrected chi connectivity index (χ0v) is 17.9. The van der Waals surface area contributed by atoms with Crippen molar-refractivity contribution in [3.8, 4) is 0 Å². The first-order chi connectivity index (χ1) is 15.2. The highest BCUT2D eigenvalue weighted by Gasteiger charge is 2.54. The molecule has 1 saturated carbocycles. The Hall–Kier alpha value is -1.17. The van der Waals surface area contributed by atoms with Gasteiger partial charge in [0.1, 0.15) is 31.0 Å². The maximum Gasteiger partial charge on any atom is 0.239 e. The number of nitrogens with one attached hydrogen (secondary N) is 4. The third-order valence-electron chi connectivity index (χ3n) is 6.10. The van der Waals surface area contributed by atoms with Crippen molar-refractivity contribution in [3.05, 3.63) is 0 Å². The van der Waals surface area contributed by atoms with Crippen LogP contribution in [0.5, 0.6) is 0 Å². The average Bonchev–Trinajstić information content (AvgIpc) is 2.80. The fourth-order valence-corrected chi connectivity index (χ4v) is 4.21. The number of halogens is 4. The molecule has 0 aromatic heterocycles. The molecule has 3 unspecified atom stereocenters. The van der Waals surface area contributed by atoms with E-state index in [2.05, 4.69) is 0 Å². The fourth-order valence-electron chi connectivity index (χ4n) is 4.21. The Labute approximate surface area is 182 Å². The van der Waals surface area contributed by atoms with Gasteiger partial charge in [0.05, 0.1) is 30.3 Å². The minimum Gasteiger partial charge on any atom is -0.388 e. The van der Waals surface area contributed by atoms with Crippen LogP contribution in [0.1, 0.15) is 19.8 Å². The van der Waals surface area contributed by atoms with Crippen LogP contribution in [-0.4, -0.2) is 103 Å². The van der Waals surface area contributed by atoms with Crippen molar-refractivity contribution in [2.24, 2.45) is 0 Å². The van der Waals surface area contributed by atoms with Crippen molar-refractivity contribution in [2.45, 2.75) is 80.7 Å². The van der Waals surface area contributed by atoms with Gasteiger partial charge in [-0.2, -0.15) is 16.6 Å². The highest BCUT2D eigenvalue weighted by Crippen LogP contribution is 2.32. The Balaban J connectivity index is 2.31. The van der Waals surface area contributed by atoms with E-state index < -0.39 is 73.4 Å². The molecule has 2 rings (SSSR count). The third-order valence-corrected chi connectivity index (χ3v) is 6.10. The Morgan fingerprint density at radius 1 is 1.16 bits per heavy atom. The number of carbonyl (C=O) groups excluding carboxylic acids is 1. The standard InChI is InChI=1S/C17H31F4N5O6/c1-7(23-19)9-5-4-8(24-20)17(31-9)32-15-11(25-21)13(28)16(30-3)12(14(15)29)26(2)10(27)6-22-18/h7-9,11-17,22-25,28-29H,4-6H2,1-3H3/t7?,8-,9?,11+,12+,13+,14-,15?,16-,17-/m1/s1. The predicted molar refractivity (Wildman–Crippen MR) is 101 cm³/mol. The lowest BCUT2D eigenvalue weighted by atomic mass is 9.80. The molecule has 1 amide bonds. The summed E-state index contributed by atoms with van der Waals surface area (Å²) in [6, 6.07) is -4.64. The van der Waals surface area contributed by atoms with E-state index in [0.717, 1.165) is 4.90 Å². The molecule has 0 bridgehead atoms. The molecule has 32 heavy (non-hydrogen) atoms. The quantitative estimate of drug-likeness (QED) is 0.163. The number of nitrogens with zero attached hydrogens (tertiary/aromatic N) is 1. The molecule has 6 N–H and O–H groups in total. The maximum atomic E-state index is 13.7. The van der Waals surface area contributed by atoms with Gasteiger partial charge in [0.2, 0.25) is 5.91 Å². The van der Waals surface area contributed by atoms with Crippen LogP contribution >= 0.6 is 0 Å². The van der Waals surface area contributed by atoms with Crippen molar-refractivity contribution in [1.29, 1.82) is 0 Å². The van der Waals surface area contributed by atoms with E-state index in [9.17, 15) is 32.9 Å². The number of carbonyl (C=O) groups is 1. The van der Waals surface area contributed by atoms with E-state index in [0.29, 0.717) is 0 Å². The summed E-state index contributed by atoms with van der Waals surface area (Å²) in [4.78, 5) is 13.1. The van der Waals surface area contributed by atoms with Crippen molar-refractivity contribution >= 4 is 5.91 Å². The van der Waals surface area contributed by atoms with E-state index in [1.165, 1.54) is 43.2 Å². The van der Waals surface area contributed by atoms with Gasteiger partial charge in [-0.05, 0) is 19.8 Å². The number of amides is 1. The summed E-state index contributed by atoms with van der Waals surface area (Å²) in [5.74, 6) is -0.795. The van der Waals surface area contributed by atoms with E-state index in [1.54, 1.807) is 0 Å². The molecule has 1 aliphatic carbocycles. The zero-order chi connectivity index (χ0) is 24.0. The van der Waals surface area contributed by atoms with Crippen molar-refractivity contribution in [1.82, 2.24) is 27.1 Å². The third kappa shape index (κ3) is 5.66. The SMILES string of the molecule is CO[C@H]1[C@@H](O)[C@H](NF)C(O[C@H]2OC(C(C)NF)CC[C@H]2NF)[C@H](O)[C@@H]1N(C)C(=O)CNF. The first kappa shape index (κ1) is 27.1. The van der Waals surface area contributed by atoms with E-state index in [1.807, 2.05) is 0 Å². The summed E-state index contributed by atoms with van der Waals surface area (Å²) >= 11 is 0. The summed E-state index contributed by atoms with van der Waals surface area (Å²) in [7, 11) is 2.42. The van der Waals surface area contributed by atoms with Crippen LogP contribution in [-0.2, 0) is 19.0 Å². The van der Waals surface area contributed by atoms with Gasteiger partial charge in [-0.15, -0.1) is 23.5 Å². The van der Waals surface area contributed by atoms with Gasteiger partial charge in [0.15, 0.2) is 6.29 Å². The van der Waals surface area contributed by atoms with Gasteiger partial charge in [-0.3, -0.25) is 4.79 Å². The smallest absolute Gasteiger partial charge is 0.239 e. The second-order valence-electron chi connectivity index (χ2n) is 7.96. The first-order valence-corrected chi connectivity index (χ1v) is 10.1. The summed E-state index contributed by atoms with van der Waals surface area (Å²) in [5, 5.41) is 21.6. The summed E-state index contributed by atoms with van der Waals surface area (Å²) in [6.45, 7) is 0.771. The van der Waals surface area contributed by atoms with Gasteiger partial charge in [0.25, 0.3) is 0 Å². The molecule has 0 radical (unpaired) electrons. The number of hydrogen-bond donors (Lipinski definition) is 6. The molecule has 11 nitrogen and oxygen atoms in total. The second kappa shape index (κ2) is 12.3. The van der Waals surface area contributed by atoms with Gasteiger partial charge >= 0.3 is 0 Å². The van der Waals surface area contributed by atoms with Crippen molar-refractivity contribution in [2.75, 3.05) is 20.7 Å². The molecule has 0 aromatic carbocycles. The number of ether oxygens (including phenoxy) is 3. The molecule has 1 heterocycles. The molecule has 15 heteroatoms. The number of aliphatic hydroxyl groups is 2. The Morgan fingerprint density at radius 3 is 2.38 bits per heavy atom. The number of hydrogen-bond acceptors (Lipinski definition) is 10. The summed E-state index contributed by atoms with van der Waals surface area (Å²) < 4.78 is 68.8. The molecule has 0 aromatic rings. The normalized spacial score (nSPS) is 39.0. The van der Waals surface area contributed by atoms with E-state index >= 15 is 0 Å². The van der Waals surface area contributed by atoms with Crippen LogP contribution < -0.4 is 22.2 Å². The molecule has 1 aliphatic heterocycles. The lowest BCUT2D eigenvalue weighted by Crippen LogP contribution is -2.72. The van der Waals surface area contributed by atoms with Crippen LogP contribution in [0.25, 0.3) is 0 Å². The Bertz CT molecular complexity index is 602. The topological polar surface area (TPSA) is 137 Å². The molecule has 2 aliphatic rings. The highest BCUT2D eigenvalue weighted by atomic mass is 19.2. The lowest BCUT2D eigenvalue weighted by Gasteiger charge is -2.50. The lowest BCUT2D eigenvalue weighted by molar-refractivity contribution is -0.281. The largest absolute Gasteiger partial charge is 0.388 e. The minimum absolute atomic E-state index is 0.168. The zero-order valence-electron chi connectivity index (χ0n) is 17.9. The van der Waals surface area contributed by atoms with Gasteiger partial charge in [-0.1, -0.05) is 0 Å². The molecule has 1 saturated heterocycles. The number of rotatable bonds is 10. The molecular formula is C17H31F4N5O6. The van der Waals surface area contributed by atoms with Crippen LogP contribution in [0.15, 0.2) is 0 Å². The average molecular weight is 477 g/mol. The van der Waals surface area contributed by atoms with E-state index in [-0.39, 0.29) is 12.8 Å². The van der Waals surface area contributed by atoms with Gasteiger partial charge < -0.3 is 29.3 Å². The molecule has 10 atom stereocenters. The molecule has 0 spiro atoms. The van der Waals surface area contributed by atoms with Gasteiger partial charge in [0, 0.05) is 14.2 Å². The number of methoxy groups -OCH3 is 1. The monoisotopic (exact) mass is 477 g/mol. The number of aliphatic hydroxyl groups excluding tert-OH is 2. The van der Waals surface area contributed by atoms with Crippen LogP contribution in [0, 0.1) is 0 Å². The van der Waals surface area contributed by atoms with Crippen LogP contribution in [0.4, 0.5) is 17.9 Å². The molecular weight excluding hydrogens is 446 g/mol. The Kier molecular flexibility index (Phi) is 10.4. The van der Waals surface area contributed by atoms with Crippen molar-refractivity contribution < 1.29 is 47.1 Å². The highest BCUT2D eigenvalue weighted by molar-refractivity contribution is 5.78. The maximum absolute atomic E-state index is 13.7. The number of likely N-dealkylation sites (N-methyl/N-ethyl adjacent to an activating group) is 1. The summed E-state index contributed by atoms with van der Waals surface area (Å²) in [6.07, 6.45) is -7.83.